The normalized spacial score (nSPS) is 23.2. The van der Waals surface area contributed by atoms with E-state index in [1.807, 2.05) is 13.1 Å². The molecule has 2 aliphatic heterocycles. The molecule has 1 aromatic carbocycles. The first-order valence-corrected chi connectivity index (χ1v) is 12.4. The summed E-state index contributed by atoms with van der Waals surface area (Å²) in [6, 6.07) is 6.09. The van der Waals surface area contributed by atoms with Crippen LogP contribution in [0.4, 0.5) is 5.69 Å². The fourth-order valence-corrected chi connectivity index (χ4v) is 5.33. The maximum atomic E-state index is 11.5. The van der Waals surface area contributed by atoms with Crippen molar-refractivity contribution in [2.24, 2.45) is 10.1 Å². The molecular formula is C22H30N6O3S. The van der Waals surface area contributed by atoms with Crippen LogP contribution < -0.4 is 21.1 Å². The molecule has 1 saturated carbocycles. The zero-order valence-electron chi connectivity index (χ0n) is 18.3. The minimum absolute atomic E-state index is 0.0320. The largest absolute Gasteiger partial charge is 0.351 e. The molecule has 0 bridgehead atoms. The Bertz CT molecular complexity index is 1070. The highest BCUT2D eigenvalue weighted by Gasteiger charge is 2.45. The Hall–Kier alpha value is -2.85. The minimum atomic E-state index is -3.74. The SMILES string of the molecule is CC(NC=O)C1=CC2=CN=C(Nc3ccc(S(N)(=O)=O)cc3)NC2N1C1(C)CCCCC1. The minimum Gasteiger partial charge on any atom is -0.351 e. The van der Waals surface area contributed by atoms with Crippen molar-refractivity contribution in [1.82, 2.24) is 15.5 Å². The molecule has 2 atom stereocenters. The lowest BCUT2D eigenvalue weighted by molar-refractivity contribution is -0.110. The summed E-state index contributed by atoms with van der Waals surface area (Å²) in [5.74, 6) is 0.567. The van der Waals surface area contributed by atoms with E-state index in [4.69, 9.17) is 5.14 Å². The van der Waals surface area contributed by atoms with Crippen LogP contribution in [-0.2, 0) is 14.8 Å². The van der Waals surface area contributed by atoms with Gasteiger partial charge in [0.2, 0.25) is 22.4 Å². The summed E-state index contributed by atoms with van der Waals surface area (Å²) >= 11 is 0. The molecule has 9 nitrogen and oxygen atoms in total. The third-order valence-corrected chi connectivity index (χ3v) is 7.43. The molecule has 172 valence electrons. The van der Waals surface area contributed by atoms with Crippen LogP contribution in [0.5, 0.6) is 0 Å². The lowest BCUT2D eigenvalue weighted by Crippen LogP contribution is -2.59. The number of guanidine groups is 1. The molecule has 4 rings (SSSR count). The molecule has 0 radical (unpaired) electrons. The second kappa shape index (κ2) is 8.59. The number of nitrogens with two attached hydrogens (primary N) is 1. The van der Waals surface area contributed by atoms with Gasteiger partial charge in [0.25, 0.3) is 0 Å². The van der Waals surface area contributed by atoms with Gasteiger partial charge in [0, 0.05) is 28.7 Å². The summed E-state index contributed by atoms with van der Waals surface area (Å²) in [4.78, 5) is 18.1. The van der Waals surface area contributed by atoms with Crippen molar-refractivity contribution in [2.45, 2.75) is 68.6 Å². The van der Waals surface area contributed by atoms with Crippen molar-refractivity contribution in [2.75, 3.05) is 5.32 Å². The predicted molar refractivity (Wildman–Crippen MR) is 124 cm³/mol. The molecule has 0 spiro atoms. The van der Waals surface area contributed by atoms with Gasteiger partial charge in [-0.3, -0.25) is 4.79 Å². The third kappa shape index (κ3) is 4.37. The Morgan fingerprint density at radius 2 is 1.94 bits per heavy atom. The van der Waals surface area contributed by atoms with E-state index in [-0.39, 0.29) is 22.6 Å². The van der Waals surface area contributed by atoms with Crippen LogP contribution in [0.25, 0.3) is 0 Å². The number of hydrogen-bond donors (Lipinski definition) is 4. The van der Waals surface area contributed by atoms with Crippen LogP contribution >= 0.6 is 0 Å². The molecule has 1 fully saturated rings. The van der Waals surface area contributed by atoms with E-state index in [0.717, 1.165) is 30.5 Å². The third-order valence-electron chi connectivity index (χ3n) is 6.50. The number of aliphatic imine (C=N–C) groups is 1. The van der Waals surface area contributed by atoms with Gasteiger partial charge in [-0.25, -0.2) is 18.5 Å². The number of nitrogens with one attached hydrogen (secondary N) is 3. The summed E-state index contributed by atoms with van der Waals surface area (Å²) in [6.45, 7) is 4.29. The van der Waals surface area contributed by atoms with Crippen molar-refractivity contribution in [3.05, 3.63) is 47.8 Å². The summed E-state index contributed by atoms with van der Waals surface area (Å²) in [5, 5.41) is 14.8. The van der Waals surface area contributed by atoms with E-state index in [0.29, 0.717) is 11.6 Å². The van der Waals surface area contributed by atoms with Crippen LogP contribution in [0.15, 0.2) is 57.7 Å². The average molecular weight is 459 g/mol. The van der Waals surface area contributed by atoms with E-state index in [2.05, 4.69) is 38.8 Å². The Morgan fingerprint density at radius 1 is 1.25 bits per heavy atom. The number of anilines is 1. The van der Waals surface area contributed by atoms with E-state index < -0.39 is 10.0 Å². The fourth-order valence-electron chi connectivity index (χ4n) is 4.81. The standard InChI is InChI=1S/C22H30N6O3S/c1-15(25-14-29)19-12-16-13-24-21(26-17-6-8-18(9-7-17)32(23,30)31)27-20(16)28(19)22(2)10-4-3-5-11-22/h6-9,12-15,20H,3-5,10-11H2,1-2H3,(H,25,29)(H2,23,30,31)(H2,24,26,27). The van der Waals surface area contributed by atoms with Gasteiger partial charge < -0.3 is 20.9 Å². The molecule has 0 saturated heterocycles. The highest BCUT2D eigenvalue weighted by molar-refractivity contribution is 7.89. The number of amides is 1. The van der Waals surface area contributed by atoms with E-state index in [1.165, 1.54) is 31.4 Å². The summed E-state index contributed by atoms with van der Waals surface area (Å²) in [5.41, 5.74) is 2.77. The first kappa shape index (κ1) is 22.3. The molecule has 0 aromatic heterocycles. The van der Waals surface area contributed by atoms with Crippen LogP contribution in [0, 0.1) is 0 Å². The number of primary sulfonamides is 1. The smallest absolute Gasteiger partial charge is 0.238 e. The predicted octanol–water partition coefficient (Wildman–Crippen LogP) is 1.97. The number of hydrogen-bond acceptors (Lipinski definition) is 7. The van der Waals surface area contributed by atoms with Crippen molar-refractivity contribution < 1.29 is 13.2 Å². The average Bonchev–Trinajstić information content (AvgIpc) is 3.14. The molecule has 1 aromatic rings. The van der Waals surface area contributed by atoms with Crippen LogP contribution in [-0.4, -0.2) is 43.4 Å². The second-order valence-corrected chi connectivity index (χ2v) is 10.4. The molecule has 2 heterocycles. The molecule has 5 N–H and O–H groups in total. The molecule has 1 amide bonds. The number of fused-ring (bicyclic) bond motifs is 1. The fraction of sp³-hybridized carbons (Fsp3) is 0.455. The van der Waals surface area contributed by atoms with E-state index in [1.54, 1.807) is 12.1 Å². The number of carbonyl (C=O) groups excluding carboxylic acids is 1. The van der Waals surface area contributed by atoms with E-state index >= 15 is 0 Å². The van der Waals surface area contributed by atoms with Gasteiger partial charge in [-0.1, -0.05) is 19.3 Å². The van der Waals surface area contributed by atoms with Crippen LogP contribution in [0.2, 0.25) is 0 Å². The molecule has 10 heteroatoms. The summed E-state index contributed by atoms with van der Waals surface area (Å²) < 4.78 is 23.0. The van der Waals surface area contributed by atoms with Gasteiger partial charge in [0.15, 0.2) is 0 Å². The molecular weight excluding hydrogens is 428 g/mol. The second-order valence-electron chi connectivity index (χ2n) is 8.85. The molecule has 32 heavy (non-hydrogen) atoms. The number of sulfonamides is 1. The maximum absolute atomic E-state index is 11.5. The Labute approximate surface area is 188 Å². The van der Waals surface area contributed by atoms with Gasteiger partial charge in [0.05, 0.1) is 10.9 Å². The first-order valence-electron chi connectivity index (χ1n) is 10.9. The lowest BCUT2D eigenvalue weighted by Gasteiger charge is -2.49. The first-order chi connectivity index (χ1) is 15.2. The molecule has 2 unspecified atom stereocenters. The lowest BCUT2D eigenvalue weighted by atomic mass is 9.81. The van der Waals surface area contributed by atoms with Gasteiger partial charge in [-0.2, -0.15) is 0 Å². The van der Waals surface area contributed by atoms with Crippen molar-refractivity contribution >= 4 is 28.1 Å². The van der Waals surface area contributed by atoms with Gasteiger partial charge in [0.1, 0.15) is 6.17 Å². The van der Waals surface area contributed by atoms with Crippen LogP contribution in [0.3, 0.4) is 0 Å². The zero-order valence-corrected chi connectivity index (χ0v) is 19.2. The summed E-state index contributed by atoms with van der Waals surface area (Å²) in [7, 11) is -3.74. The van der Waals surface area contributed by atoms with Crippen molar-refractivity contribution in [1.29, 1.82) is 0 Å². The van der Waals surface area contributed by atoms with E-state index in [9.17, 15) is 13.2 Å². The topological polar surface area (TPSA) is 129 Å². The Kier molecular flexibility index (Phi) is 6.00. The van der Waals surface area contributed by atoms with Crippen LogP contribution in [0.1, 0.15) is 46.0 Å². The molecule has 1 aliphatic carbocycles. The number of carbonyl (C=O) groups is 1. The van der Waals surface area contributed by atoms with Gasteiger partial charge in [-0.05, 0) is 57.0 Å². The zero-order chi connectivity index (χ0) is 22.9. The van der Waals surface area contributed by atoms with Crippen molar-refractivity contribution in [3.63, 3.8) is 0 Å². The number of benzene rings is 1. The quantitative estimate of drug-likeness (QED) is 0.483. The Balaban J connectivity index is 1.58. The number of nitrogens with zero attached hydrogens (tertiary/aromatic N) is 2. The monoisotopic (exact) mass is 458 g/mol. The van der Waals surface area contributed by atoms with Crippen molar-refractivity contribution in [3.8, 4) is 0 Å². The maximum Gasteiger partial charge on any atom is 0.238 e. The summed E-state index contributed by atoms with van der Waals surface area (Å²) in [6.07, 6.45) is 10.3. The number of rotatable bonds is 6. The van der Waals surface area contributed by atoms with Gasteiger partial charge >= 0.3 is 0 Å². The Morgan fingerprint density at radius 3 is 2.56 bits per heavy atom. The highest BCUT2D eigenvalue weighted by atomic mass is 32.2. The van der Waals surface area contributed by atoms with Gasteiger partial charge in [-0.15, -0.1) is 0 Å². The molecule has 3 aliphatic rings. The highest BCUT2D eigenvalue weighted by Crippen LogP contribution is 2.42.